The molecule has 3 N–H and O–H groups in total. The molecule has 0 bridgehead atoms. The van der Waals surface area contributed by atoms with Gasteiger partial charge in [-0.05, 0) is 49.6 Å². The molecule has 1 aliphatic heterocycles. The number of nitrogens with zero attached hydrogens (tertiary/aromatic N) is 1. The van der Waals surface area contributed by atoms with E-state index in [-0.39, 0.29) is 16.8 Å². The second-order valence-corrected chi connectivity index (χ2v) is 9.95. The summed E-state index contributed by atoms with van der Waals surface area (Å²) in [4.78, 5) is 15.2. The lowest BCUT2D eigenvalue weighted by Gasteiger charge is -2.31. The van der Waals surface area contributed by atoms with E-state index in [1.807, 2.05) is 12.1 Å². The lowest BCUT2D eigenvalue weighted by molar-refractivity contribution is 0.0938. The predicted molar refractivity (Wildman–Crippen MR) is 123 cm³/mol. The molecule has 2 fully saturated rings. The van der Waals surface area contributed by atoms with Crippen LogP contribution in [0.25, 0.3) is 0 Å². The van der Waals surface area contributed by atoms with Gasteiger partial charge >= 0.3 is 0 Å². The summed E-state index contributed by atoms with van der Waals surface area (Å²) >= 11 is 0. The fraction of sp³-hybridized carbons (Fsp3) is 0.435. The third-order valence-corrected chi connectivity index (χ3v) is 7.56. The number of hydrogen-bond donors (Lipinski definition) is 3. The number of carbonyl (C=O) groups excluding carboxylic acids is 1. The van der Waals surface area contributed by atoms with Gasteiger partial charge in [-0.3, -0.25) is 9.52 Å². The van der Waals surface area contributed by atoms with E-state index in [1.165, 1.54) is 0 Å². The normalized spacial score (nSPS) is 17.5. The van der Waals surface area contributed by atoms with Crippen LogP contribution < -0.4 is 20.3 Å². The maximum Gasteiger partial charge on any atom is 0.262 e. The Morgan fingerprint density at radius 1 is 1.06 bits per heavy atom. The van der Waals surface area contributed by atoms with Crippen molar-refractivity contribution in [2.45, 2.75) is 43.5 Å². The van der Waals surface area contributed by atoms with Crippen LogP contribution in [0, 0.1) is 6.92 Å². The molecule has 2 aromatic carbocycles. The molecule has 2 aromatic rings. The molecular formula is C23H30N4O3S. The number of nitrogens with one attached hydrogen (secondary N) is 3. The average molecular weight is 443 g/mol. The summed E-state index contributed by atoms with van der Waals surface area (Å²) in [5, 5.41) is 6.40. The third kappa shape index (κ3) is 5.02. The Morgan fingerprint density at radius 3 is 2.48 bits per heavy atom. The Bertz CT molecular complexity index is 1040. The highest BCUT2D eigenvalue weighted by Gasteiger charge is 2.23. The minimum absolute atomic E-state index is 0.157. The SMILES string of the molecule is Cc1ccccc1S(=O)(=O)Nc1cc(C(=O)NC2CCCC2)ccc1N1CCNCC1. The first kappa shape index (κ1) is 21.6. The molecule has 0 aromatic heterocycles. The Balaban J connectivity index is 1.66. The molecule has 0 unspecified atom stereocenters. The Hall–Kier alpha value is -2.58. The van der Waals surface area contributed by atoms with Crippen molar-refractivity contribution in [3.8, 4) is 0 Å². The molecule has 0 radical (unpaired) electrons. The summed E-state index contributed by atoms with van der Waals surface area (Å²) in [5.74, 6) is -0.157. The van der Waals surface area contributed by atoms with Gasteiger partial charge in [-0.1, -0.05) is 31.0 Å². The van der Waals surface area contributed by atoms with Gasteiger partial charge in [0, 0.05) is 37.8 Å². The van der Waals surface area contributed by atoms with Gasteiger partial charge in [0.15, 0.2) is 0 Å². The van der Waals surface area contributed by atoms with Crippen LogP contribution in [0.15, 0.2) is 47.4 Å². The van der Waals surface area contributed by atoms with Crippen LogP contribution in [0.1, 0.15) is 41.6 Å². The van der Waals surface area contributed by atoms with E-state index in [0.29, 0.717) is 16.8 Å². The maximum absolute atomic E-state index is 13.2. The molecule has 8 heteroatoms. The van der Waals surface area contributed by atoms with E-state index in [9.17, 15) is 13.2 Å². The second kappa shape index (κ2) is 9.28. The first-order valence-electron chi connectivity index (χ1n) is 10.9. The van der Waals surface area contributed by atoms with Gasteiger partial charge in [0.25, 0.3) is 15.9 Å². The van der Waals surface area contributed by atoms with E-state index < -0.39 is 10.0 Å². The number of anilines is 2. The number of rotatable bonds is 6. The molecule has 1 saturated carbocycles. The summed E-state index contributed by atoms with van der Waals surface area (Å²) < 4.78 is 29.1. The topological polar surface area (TPSA) is 90.5 Å². The summed E-state index contributed by atoms with van der Waals surface area (Å²) in [6, 6.07) is 12.4. The monoisotopic (exact) mass is 442 g/mol. The van der Waals surface area contributed by atoms with Crippen LogP contribution in [0.3, 0.4) is 0 Å². The number of aryl methyl sites for hydroxylation is 1. The van der Waals surface area contributed by atoms with E-state index in [1.54, 1.807) is 37.3 Å². The Labute approximate surface area is 184 Å². The van der Waals surface area contributed by atoms with E-state index in [2.05, 4.69) is 20.3 Å². The molecule has 1 aliphatic carbocycles. The van der Waals surface area contributed by atoms with Gasteiger partial charge in [0.2, 0.25) is 0 Å². The average Bonchev–Trinajstić information content (AvgIpc) is 3.27. The maximum atomic E-state index is 13.2. The van der Waals surface area contributed by atoms with Gasteiger partial charge in [0.05, 0.1) is 16.3 Å². The van der Waals surface area contributed by atoms with Crippen molar-refractivity contribution in [3.63, 3.8) is 0 Å². The van der Waals surface area contributed by atoms with Crippen LogP contribution in [-0.4, -0.2) is 46.5 Å². The van der Waals surface area contributed by atoms with E-state index in [0.717, 1.165) is 57.5 Å². The molecule has 7 nitrogen and oxygen atoms in total. The lowest BCUT2D eigenvalue weighted by atomic mass is 10.1. The van der Waals surface area contributed by atoms with Crippen molar-refractivity contribution in [1.29, 1.82) is 0 Å². The fourth-order valence-electron chi connectivity index (χ4n) is 4.34. The van der Waals surface area contributed by atoms with Crippen molar-refractivity contribution < 1.29 is 13.2 Å². The smallest absolute Gasteiger partial charge is 0.262 e. The summed E-state index contributed by atoms with van der Waals surface area (Å²) in [6.07, 6.45) is 4.26. The van der Waals surface area contributed by atoms with Crippen LogP contribution >= 0.6 is 0 Å². The number of hydrogen-bond acceptors (Lipinski definition) is 5. The molecular weight excluding hydrogens is 412 g/mol. The highest BCUT2D eigenvalue weighted by atomic mass is 32.2. The van der Waals surface area contributed by atoms with Gasteiger partial charge in [-0.15, -0.1) is 0 Å². The Morgan fingerprint density at radius 2 is 1.77 bits per heavy atom. The highest BCUT2D eigenvalue weighted by molar-refractivity contribution is 7.92. The number of carbonyl (C=O) groups is 1. The van der Waals surface area contributed by atoms with Crippen LogP contribution in [0.2, 0.25) is 0 Å². The van der Waals surface area contributed by atoms with E-state index in [4.69, 9.17) is 0 Å². The zero-order chi connectivity index (χ0) is 21.8. The van der Waals surface area contributed by atoms with Gasteiger partial charge in [-0.25, -0.2) is 8.42 Å². The van der Waals surface area contributed by atoms with Gasteiger partial charge < -0.3 is 15.5 Å². The zero-order valence-electron chi connectivity index (χ0n) is 17.9. The lowest BCUT2D eigenvalue weighted by Crippen LogP contribution is -2.43. The second-order valence-electron chi connectivity index (χ2n) is 8.29. The standard InChI is InChI=1S/C23H30N4O3S/c1-17-6-2-5-9-22(17)31(29,30)26-20-16-18(23(28)25-19-7-3-4-8-19)10-11-21(20)27-14-12-24-13-15-27/h2,5-6,9-11,16,19,24,26H,3-4,7-8,12-15H2,1H3,(H,25,28). The molecule has 0 atom stereocenters. The predicted octanol–water partition coefficient (Wildman–Crippen LogP) is 2.88. The largest absolute Gasteiger partial charge is 0.367 e. The number of amides is 1. The summed E-state index contributed by atoms with van der Waals surface area (Å²) in [6.45, 7) is 4.97. The third-order valence-electron chi connectivity index (χ3n) is 6.03. The van der Waals surface area contributed by atoms with Gasteiger partial charge in [0.1, 0.15) is 0 Å². The van der Waals surface area contributed by atoms with Crippen LogP contribution in [0.4, 0.5) is 11.4 Å². The minimum Gasteiger partial charge on any atom is -0.367 e. The molecule has 1 heterocycles. The quantitative estimate of drug-likeness (QED) is 0.640. The first-order chi connectivity index (χ1) is 14.9. The molecule has 166 valence electrons. The molecule has 4 rings (SSSR count). The van der Waals surface area contributed by atoms with Crippen molar-refractivity contribution in [2.24, 2.45) is 0 Å². The number of benzene rings is 2. The molecule has 1 amide bonds. The van der Waals surface area contributed by atoms with Crippen molar-refractivity contribution in [3.05, 3.63) is 53.6 Å². The van der Waals surface area contributed by atoms with E-state index >= 15 is 0 Å². The number of sulfonamides is 1. The summed E-state index contributed by atoms with van der Waals surface area (Å²) in [7, 11) is -3.79. The van der Waals surface area contributed by atoms with Crippen LogP contribution in [-0.2, 0) is 10.0 Å². The first-order valence-corrected chi connectivity index (χ1v) is 12.4. The number of piperazine rings is 1. The van der Waals surface area contributed by atoms with Crippen molar-refractivity contribution in [2.75, 3.05) is 35.8 Å². The Kier molecular flexibility index (Phi) is 6.48. The summed E-state index contributed by atoms with van der Waals surface area (Å²) in [5.41, 5.74) is 2.36. The zero-order valence-corrected chi connectivity index (χ0v) is 18.7. The molecule has 2 aliphatic rings. The highest BCUT2D eigenvalue weighted by Crippen LogP contribution is 2.31. The van der Waals surface area contributed by atoms with Crippen molar-refractivity contribution >= 4 is 27.3 Å². The fourth-order valence-corrected chi connectivity index (χ4v) is 5.65. The van der Waals surface area contributed by atoms with Gasteiger partial charge in [-0.2, -0.15) is 0 Å². The van der Waals surface area contributed by atoms with Crippen LogP contribution in [0.5, 0.6) is 0 Å². The molecule has 0 spiro atoms. The molecule has 1 saturated heterocycles. The minimum atomic E-state index is -3.79. The van der Waals surface area contributed by atoms with Crippen molar-refractivity contribution in [1.82, 2.24) is 10.6 Å². The molecule has 31 heavy (non-hydrogen) atoms.